The van der Waals surface area contributed by atoms with Gasteiger partial charge < -0.3 is 15.4 Å². The molecule has 5 heteroatoms. The van der Waals surface area contributed by atoms with Gasteiger partial charge in [0.1, 0.15) is 11.6 Å². The number of amides is 1. The zero-order chi connectivity index (χ0) is 15.7. The maximum atomic E-state index is 13.6. The van der Waals surface area contributed by atoms with E-state index in [0.717, 1.165) is 18.5 Å². The van der Waals surface area contributed by atoms with Gasteiger partial charge in [0, 0.05) is 12.6 Å². The second-order valence-corrected chi connectivity index (χ2v) is 4.65. The van der Waals surface area contributed by atoms with Crippen LogP contribution in [0, 0.1) is 18.2 Å². The minimum atomic E-state index is -0.739. The number of benzene rings is 1. The molecule has 0 aliphatic carbocycles. The number of terminal acetylenes is 1. The van der Waals surface area contributed by atoms with Gasteiger partial charge in [0.15, 0.2) is 6.10 Å². The van der Waals surface area contributed by atoms with Gasteiger partial charge in [-0.05, 0) is 37.6 Å². The molecule has 1 amide bonds. The van der Waals surface area contributed by atoms with E-state index < -0.39 is 11.9 Å². The zero-order valence-corrected chi connectivity index (χ0v) is 12.4. The average molecular weight is 292 g/mol. The standard InChI is InChI=1S/C16H21FN2O2/c1-4-6-18-11-13-8-14(17)10-15(9-13)21-12(3)16(20)19-7-5-2/h2,8-10,12,18H,4,6-7,11H2,1,3H3,(H,19,20). The lowest BCUT2D eigenvalue weighted by molar-refractivity contribution is -0.127. The van der Waals surface area contributed by atoms with Crippen molar-refractivity contribution in [2.45, 2.75) is 32.9 Å². The molecule has 1 rings (SSSR count). The first kappa shape index (κ1) is 17.0. The Kier molecular flexibility index (Phi) is 7.27. The van der Waals surface area contributed by atoms with Crippen molar-refractivity contribution in [3.8, 4) is 18.1 Å². The van der Waals surface area contributed by atoms with Gasteiger partial charge in [-0.1, -0.05) is 12.8 Å². The molecule has 0 heterocycles. The molecule has 0 saturated carbocycles. The molecule has 114 valence electrons. The molecule has 0 saturated heterocycles. The Morgan fingerprint density at radius 2 is 2.24 bits per heavy atom. The Bertz CT molecular complexity index is 511. The van der Waals surface area contributed by atoms with Crippen LogP contribution in [0.1, 0.15) is 25.8 Å². The summed E-state index contributed by atoms with van der Waals surface area (Å²) in [6, 6.07) is 4.42. The minimum Gasteiger partial charge on any atom is -0.481 e. The van der Waals surface area contributed by atoms with Gasteiger partial charge in [-0.25, -0.2) is 4.39 Å². The number of carbonyl (C=O) groups is 1. The van der Waals surface area contributed by atoms with Crippen LogP contribution < -0.4 is 15.4 Å². The minimum absolute atomic E-state index is 0.141. The number of nitrogens with one attached hydrogen (secondary N) is 2. The highest BCUT2D eigenvalue weighted by molar-refractivity contribution is 5.80. The van der Waals surface area contributed by atoms with E-state index in [4.69, 9.17) is 11.2 Å². The molecule has 0 aromatic heterocycles. The van der Waals surface area contributed by atoms with Gasteiger partial charge in [0.2, 0.25) is 0 Å². The number of halogens is 1. The monoisotopic (exact) mass is 292 g/mol. The highest BCUT2D eigenvalue weighted by Gasteiger charge is 2.14. The van der Waals surface area contributed by atoms with E-state index in [1.807, 2.05) is 0 Å². The summed E-state index contributed by atoms with van der Waals surface area (Å²) < 4.78 is 19.0. The summed E-state index contributed by atoms with van der Waals surface area (Å²) in [6.07, 6.45) is 5.33. The van der Waals surface area contributed by atoms with E-state index in [1.165, 1.54) is 12.1 Å². The fourth-order valence-electron chi connectivity index (χ4n) is 1.74. The number of ether oxygens (including phenoxy) is 1. The summed E-state index contributed by atoms with van der Waals surface area (Å²) in [4.78, 5) is 11.6. The van der Waals surface area contributed by atoms with Gasteiger partial charge in [0.25, 0.3) is 5.91 Å². The summed E-state index contributed by atoms with van der Waals surface area (Å²) >= 11 is 0. The summed E-state index contributed by atoms with van der Waals surface area (Å²) in [7, 11) is 0. The lowest BCUT2D eigenvalue weighted by atomic mass is 10.2. The van der Waals surface area contributed by atoms with Crippen molar-refractivity contribution >= 4 is 5.91 Å². The Morgan fingerprint density at radius 1 is 1.48 bits per heavy atom. The van der Waals surface area contributed by atoms with Gasteiger partial charge in [0.05, 0.1) is 6.54 Å². The van der Waals surface area contributed by atoms with Crippen LogP contribution in [0.3, 0.4) is 0 Å². The normalized spacial score (nSPS) is 11.5. The van der Waals surface area contributed by atoms with Crippen LogP contribution >= 0.6 is 0 Å². The SMILES string of the molecule is C#CCNC(=O)C(C)Oc1cc(F)cc(CNCCC)c1. The quantitative estimate of drug-likeness (QED) is 0.568. The third-order valence-corrected chi connectivity index (χ3v) is 2.73. The molecule has 0 fully saturated rings. The second kappa shape index (κ2) is 8.98. The number of hydrogen-bond donors (Lipinski definition) is 2. The Labute approximate surface area is 125 Å². The molecule has 1 atom stereocenters. The molecule has 1 unspecified atom stereocenters. The van der Waals surface area contributed by atoms with Crippen molar-refractivity contribution in [1.82, 2.24) is 10.6 Å². The largest absolute Gasteiger partial charge is 0.481 e. The predicted octanol–water partition coefficient (Wildman–Crippen LogP) is 1.84. The summed E-state index contributed by atoms with van der Waals surface area (Å²) in [5.74, 6) is 1.91. The van der Waals surface area contributed by atoms with Crippen LogP contribution in [0.4, 0.5) is 4.39 Å². The van der Waals surface area contributed by atoms with Gasteiger partial charge in [-0.3, -0.25) is 4.79 Å². The van der Waals surface area contributed by atoms with E-state index in [9.17, 15) is 9.18 Å². The first-order chi connectivity index (χ1) is 10.1. The molecule has 2 N–H and O–H groups in total. The van der Waals surface area contributed by atoms with E-state index in [-0.39, 0.29) is 12.5 Å². The highest BCUT2D eigenvalue weighted by atomic mass is 19.1. The lowest BCUT2D eigenvalue weighted by Gasteiger charge is -2.15. The summed E-state index contributed by atoms with van der Waals surface area (Å²) in [5, 5.41) is 5.70. The third-order valence-electron chi connectivity index (χ3n) is 2.73. The smallest absolute Gasteiger partial charge is 0.261 e. The molecular formula is C16H21FN2O2. The van der Waals surface area contributed by atoms with Crippen LogP contribution in [0.5, 0.6) is 5.75 Å². The first-order valence-corrected chi connectivity index (χ1v) is 6.94. The van der Waals surface area contributed by atoms with Crippen LogP contribution in [0.25, 0.3) is 0 Å². The van der Waals surface area contributed by atoms with Crippen molar-refractivity contribution in [2.24, 2.45) is 0 Å². The predicted molar refractivity (Wildman–Crippen MR) is 80.3 cm³/mol. The molecular weight excluding hydrogens is 271 g/mol. The molecule has 21 heavy (non-hydrogen) atoms. The molecule has 0 bridgehead atoms. The van der Waals surface area contributed by atoms with Gasteiger partial charge in [-0.2, -0.15) is 0 Å². The summed E-state index contributed by atoms with van der Waals surface area (Å²) in [5.41, 5.74) is 0.773. The van der Waals surface area contributed by atoms with Crippen molar-refractivity contribution in [1.29, 1.82) is 0 Å². The Morgan fingerprint density at radius 3 is 2.90 bits per heavy atom. The average Bonchev–Trinajstić information content (AvgIpc) is 2.44. The van der Waals surface area contributed by atoms with E-state index in [2.05, 4.69) is 23.5 Å². The molecule has 0 aliphatic rings. The van der Waals surface area contributed by atoms with E-state index in [1.54, 1.807) is 13.0 Å². The van der Waals surface area contributed by atoms with Crippen molar-refractivity contribution in [3.63, 3.8) is 0 Å². The number of rotatable bonds is 8. The molecule has 0 aliphatic heterocycles. The van der Waals surface area contributed by atoms with Gasteiger partial charge >= 0.3 is 0 Å². The maximum Gasteiger partial charge on any atom is 0.261 e. The number of carbonyl (C=O) groups excluding carboxylic acids is 1. The summed E-state index contributed by atoms with van der Waals surface area (Å²) in [6.45, 7) is 5.20. The second-order valence-electron chi connectivity index (χ2n) is 4.65. The Hall–Kier alpha value is -2.06. The lowest BCUT2D eigenvalue weighted by Crippen LogP contribution is -2.36. The van der Waals surface area contributed by atoms with Crippen LogP contribution in [0.15, 0.2) is 18.2 Å². The third kappa shape index (κ3) is 6.28. The van der Waals surface area contributed by atoms with Gasteiger partial charge in [-0.15, -0.1) is 6.42 Å². The van der Waals surface area contributed by atoms with E-state index in [0.29, 0.717) is 12.3 Å². The molecule has 0 radical (unpaired) electrons. The van der Waals surface area contributed by atoms with Crippen molar-refractivity contribution < 1.29 is 13.9 Å². The number of hydrogen-bond acceptors (Lipinski definition) is 3. The molecule has 0 spiro atoms. The highest BCUT2D eigenvalue weighted by Crippen LogP contribution is 2.18. The fraction of sp³-hybridized carbons (Fsp3) is 0.438. The zero-order valence-electron chi connectivity index (χ0n) is 12.4. The van der Waals surface area contributed by atoms with Crippen LogP contribution in [-0.2, 0) is 11.3 Å². The molecule has 1 aromatic rings. The molecule has 4 nitrogen and oxygen atoms in total. The van der Waals surface area contributed by atoms with E-state index >= 15 is 0 Å². The molecule has 1 aromatic carbocycles. The van der Waals surface area contributed by atoms with Crippen LogP contribution in [0.2, 0.25) is 0 Å². The maximum absolute atomic E-state index is 13.6. The first-order valence-electron chi connectivity index (χ1n) is 6.94. The van der Waals surface area contributed by atoms with Crippen molar-refractivity contribution in [3.05, 3.63) is 29.6 Å². The van der Waals surface area contributed by atoms with Crippen molar-refractivity contribution in [2.75, 3.05) is 13.1 Å². The Balaban J connectivity index is 2.65. The fourth-order valence-corrected chi connectivity index (χ4v) is 1.74. The van der Waals surface area contributed by atoms with Crippen LogP contribution in [-0.4, -0.2) is 25.1 Å². The topological polar surface area (TPSA) is 50.4 Å².